The van der Waals surface area contributed by atoms with Crippen molar-refractivity contribution in [2.75, 3.05) is 5.32 Å². The molecule has 0 bridgehead atoms. The van der Waals surface area contributed by atoms with Crippen molar-refractivity contribution in [3.8, 4) is 0 Å². The lowest BCUT2D eigenvalue weighted by Gasteiger charge is -2.09. The molecule has 7 nitrogen and oxygen atoms in total. The summed E-state index contributed by atoms with van der Waals surface area (Å²) in [7, 11) is -4.13. The summed E-state index contributed by atoms with van der Waals surface area (Å²) < 4.78 is 64.8. The summed E-state index contributed by atoms with van der Waals surface area (Å²) in [5.41, 5.74) is 0.386. The molecule has 3 rings (SSSR count). The largest absolute Gasteiger partial charge is 0.416 e. The Morgan fingerprint density at radius 1 is 1.10 bits per heavy atom. The summed E-state index contributed by atoms with van der Waals surface area (Å²) in [5, 5.41) is 9.65. The van der Waals surface area contributed by atoms with Crippen LogP contribution in [-0.2, 0) is 22.7 Å². The highest BCUT2D eigenvalue weighted by Crippen LogP contribution is 2.29. The summed E-state index contributed by atoms with van der Waals surface area (Å²) in [6.45, 7) is 1.39. The third-order valence-corrected chi connectivity index (χ3v) is 6.57. The molecule has 0 aliphatic carbocycles. The van der Waals surface area contributed by atoms with Gasteiger partial charge in [0.1, 0.15) is 0 Å². The Labute approximate surface area is 174 Å². The molecular formula is C18H15F3N4O3S2. The minimum atomic E-state index is -4.53. The van der Waals surface area contributed by atoms with Gasteiger partial charge in [0.2, 0.25) is 9.47 Å². The number of alkyl halides is 3. The number of aryl methyl sites for hydroxylation is 1. The third-order valence-electron chi connectivity index (χ3n) is 3.97. The molecule has 2 N–H and O–H groups in total. The van der Waals surface area contributed by atoms with E-state index in [4.69, 9.17) is 0 Å². The van der Waals surface area contributed by atoms with Crippen LogP contribution in [0.25, 0.3) is 0 Å². The van der Waals surface area contributed by atoms with Crippen molar-refractivity contribution in [3.63, 3.8) is 0 Å². The van der Waals surface area contributed by atoms with Crippen molar-refractivity contribution in [3.05, 3.63) is 70.8 Å². The van der Waals surface area contributed by atoms with E-state index in [0.29, 0.717) is 16.9 Å². The summed E-state index contributed by atoms with van der Waals surface area (Å²) >= 11 is 0.627. The van der Waals surface area contributed by atoms with Gasteiger partial charge in [-0.05, 0) is 30.2 Å². The van der Waals surface area contributed by atoms with E-state index >= 15 is 0 Å². The van der Waals surface area contributed by atoms with E-state index in [1.807, 2.05) is 0 Å². The Morgan fingerprint density at radius 3 is 2.53 bits per heavy atom. The van der Waals surface area contributed by atoms with Crippen molar-refractivity contribution in [1.29, 1.82) is 0 Å². The number of aromatic nitrogens is 2. The minimum absolute atomic E-state index is 0.0253. The number of nitrogens with zero attached hydrogens (tertiary/aromatic N) is 2. The first-order valence-electron chi connectivity index (χ1n) is 8.42. The first-order valence-corrected chi connectivity index (χ1v) is 10.7. The Bertz CT molecular complexity index is 1180. The molecule has 0 unspecified atom stereocenters. The minimum Gasteiger partial charge on any atom is -0.296 e. The predicted octanol–water partition coefficient (Wildman–Crippen LogP) is 3.60. The Balaban J connectivity index is 1.69. The average molecular weight is 456 g/mol. The summed E-state index contributed by atoms with van der Waals surface area (Å²) in [6, 6.07) is 11.1. The van der Waals surface area contributed by atoms with Gasteiger partial charge < -0.3 is 0 Å². The average Bonchev–Trinajstić information content (AvgIpc) is 3.16. The number of halogens is 3. The molecular weight excluding hydrogens is 441 g/mol. The number of benzene rings is 2. The fourth-order valence-corrected chi connectivity index (χ4v) is 4.41. The lowest BCUT2D eigenvalue weighted by molar-refractivity contribution is -0.137. The predicted molar refractivity (Wildman–Crippen MR) is 105 cm³/mol. The maximum absolute atomic E-state index is 12.8. The second-order valence-corrected chi connectivity index (χ2v) is 9.08. The molecule has 30 heavy (non-hydrogen) atoms. The second kappa shape index (κ2) is 8.50. The monoisotopic (exact) mass is 456 g/mol. The Kier molecular flexibility index (Phi) is 6.19. The van der Waals surface area contributed by atoms with Crippen LogP contribution in [0.1, 0.15) is 27.0 Å². The molecule has 1 aromatic heterocycles. The molecule has 3 aromatic rings. The summed E-state index contributed by atoms with van der Waals surface area (Å²) in [6.07, 6.45) is -4.53. The van der Waals surface area contributed by atoms with Gasteiger partial charge in [-0.2, -0.15) is 13.2 Å². The van der Waals surface area contributed by atoms with Crippen LogP contribution in [0.4, 0.5) is 18.3 Å². The lowest BCUT2D eigenvalue weighted by atomic mass is 10.1. The van der Waals surface area contributed by atoms with Crippen LogP contribution < -0.4 is 10.0 Å². The summed E-state index contributed by atoms with van der Waals surface area (Å²) in [5.74, 6) is -0.467. The Hall–Kier alpha value is -2.83. The molecule has 0 aliphatic rings. The molecule has 12 heteroatoms. The first kappa shape index (κ1) is 21.9. The van der Waals surface area contributed by atoms with Crippen LogP contribution in [0.3, 0.4) is 0 Å². The van der Waals surface area contributed by atoms with Crippen molar-refractivity contribution in [1.82, 2.24) is 14.9 Å². The number of nitrogens with one attached hydrogen (secondary N) is 2. The Morgan fingerprint density at radius 2 is 1.83 bits per heavy atom. The van der Waals surface area contributed by atoms with Gasteiger partial charge in [-0.1, -0.05) is 47.7 Å². The number of hydrogen-bond donors (Lipinski definition) is 2. The first-order chi connectivity index (χ1) is 14.1. The third kappa shape index (κ3) is 5.20. The van der Waals surface area contributed by atoms with E-state index in [9.17, 15) is 26.4 Å². The van der Waals surface area contributed by atoms with E-state index in [2.05, 4.69) is 20.2 Å². The van der Waals surface area contributed by atoms with Gasteiger partial charge in [-0.3, -0.25) is 10.1 Å². The second-order valence-electron chi connectivity index (χ2n) is 6.16. The fourth-order valence-electron chi connectivity index (χ4n) is 2.46. The quantitative estimate of drug-likeness (QED) is 0.552. The van der Waals surface area contributed by atoms with Crippen molar-refractivity contribution in [2.45, 2.75) is 24.0 Å². The van der Waals surface area contributed by atoms with Gasteiger partial charge in [-0.15, -0.1) is 10.2 Å². The van der Waals surface area contributed by atoms with Crippen LogP contribution >= 0.6 is 11.3 Å². The van der Waals surface area contributed by atoms with Crippen molar-refractivity contribution >= 4 is 32.4 Å². The van der Waals surface area contributed by atoms with Crippen LogP contribution in [-0.4, -0.2) is 24.5 Å². The van der Waals surface area contributed by atoms with Crippen LogP contribution in [0.5, 0.6) is 0 Å². The molecule has 158 valence electrons. The molecule has 0 spiro atoms. The highest BCUT2D eigenvalue weighted by Gasteiger charge is 2.30. The number of carbonyl (C=O) groups is 1. The van der Waals surface area contributed by atoms with Crippen molar-refractivity contribution in [2.24, 2.45) is 0 Å². The molecule has 2 aromatic carbocycles. The topological polar surface area (TPSA) is 101 Å². The van der Waals surface area contributed by atoms with Gasteiger partial charge in [-0.25, -0.2) is 13.1 Å². The van der Waals surface area contributed by atoms with Gasteiger partial charge in [0.25, 0.3) is 15.9 Å². The van der Waals surface area contributed by atoms with Gasteiger partial charge in [0.05, 0.1) is 5.56 Å². The zero-order valence-electron chi connectivity index (χ0n) is 15.4. The fraction of sp³-hybridized carbons (Fsp3) is 0.167. The van der Waals surface area contributed by atoms with E-state index in [-0.39, 0.29) is 17.2 Å². The molecule has 0 aliphatic heterocycles. The number of anilines is 1. The maximum Gasteiger partial charge on any atom is 0.416 e. The standard InChI is InChI=1S/C18H15F3N4O3S2/c1-11-5-2-3-8-14(11)15(26)23-16-24-25-17(29-16)30(27,28)22-10-12-6-4-7-13(9-12)18(19,20)21/h2-9,22H,10H2,1H3,(H,23,24,26). The summed E-state index contributed by atoms with van der Waals surface area (Å²) in [4.78, 5) is 12.3. The number of amides is 1. The molecule has 0 atom stereocenters. The maximum atomic E-state index is 12.8. The molecule has 0 fully saturated rings. The van der Waals surface area contributed by atoms with Gasteiger partial charge in [0, 0.05) is 12.1 Å². The van der Waals surface area contributed by atoms with E-state index in [1.165, 1.54) is 12.1 Å². The molecule has 0 saturated heterocycles. The zero-order chi connectivity index (χ0) is 21.9. The number of carbonyl (C=O) groups excluding carboxylic acids is 1. The van der Waals surface area contributed by atoms with Gasteiger partial charge in [0.15, 0.2) is 0 Å². The SMILES string of the molecule is Cc1ccccc1C(=O)Nc1nnc(S(=O)(=O)NCc2cccc(C(F)(F)F)c2)s1. The van der Waals surface area contributed by atoms with Crippen LogP contribution in [0.15, 0.2) is 52.9 Å². The molecule has 0 radical (unpaired) electrons. The highest BCUT2D eigenvalue weighted by molar-refractivity contribution is 7.91. The smallest absolute Gasteiger partial charge is 0.296 e. The van der Waals surface area contributed by atoms with E-state index in [1.54, 1.807) is 31.2 Å². The van der Waals surface area contributed by atoms with Crippen LogP contribution in [0.2, 0.25) is 0 Å². The number of rotatable bonds is 6. The molecule has 1 heterocycles. The normalized spacial score (nSPS) is 12.0. The van der Waals surface area contributed by atoms with Crippen molar-refractivity contribution < 1.29 is 26.4 Å². The zero-order valence-corrected chi connectivity index (χ0v) is 17.0. The molecule has 1 amide bonds. The molecule has 0 saturated carbocycles. The van der Waals surface area contributed by atoms with Crippen LogP contribution in [0, 0.1) is 6.92 Å². The van der Waals surface area contributed by atoms with Gasteiger partial charge >= 0.3 is 6.18 Å². The van der Waals surface area contributed by atoms with E-state index < -0.39 is 32.0 Å². The number of sulfonamides is 1. The van der Waals surface area contributed by atoms with E-state index in [0.717, 1.165) is 17.7 Å². The number of hydrogen-bond acceptors (Lipinski definition) is 6. The highest BCUT2D eigenvalue weighted by atomic mass is 32.2. The lowest BCUT2D eigenvalue weighted by Crippen LogP contribution is -2.23.